The molecule has 2 rings (SSSR count). The quantitative estimate of drug-likeness (QED) is 0.817. The summed E-state index contributed by atoms with van der Waals surface area (Å²) in [5.74, 6) is -0.0378. The molecular formula is C14H22ClN3O3S. The van der Waals surface area contributed by atoms with Gasteiger partial charge in [0.1, 0.15) is 0 Å². The smallest absolute Gasteiger partial charge is 0.224 e. The van der Waals surface area contributed by atoms with Crippen molar-refractivity contribution in [2.45, 2.75) is 24.9 Å². The number of halogens is 1. The molecular weight excluding hydrogens is 326 g/mol. The molecule has 0 aliphatic carbocycles. The average molecular weight is 348 g/mol. The van der Waals surface area contributed by atoms with Gasteiger partial charge in [0.2, 0.25) is 15.9 Å². The first-order chi connectivity index (χ1) is 9.85. The van der Waals surface area contributed by atoms with E-state index in [9.17, 15) is 13.2 Å². The van der Waals surface area contributed by atoms with Crippen LogP contribution >= 0.6 is 12.4 Å². The van der Waals surface area contributed by atoms with Gasteiger partial charge in [-0.05, 0) is 12.0 Å². The zero-order chi connectivity index (χ0) is 15.5. The molecule has 8 heteroatoms. The third-order valence-electron chi connectivity index (χ3n) is 3.54. The topological polar surface area (TPSA) is 92.5 Å². The largest absolute Gasteiger partial charge is 0.341 e. The lowest BCUT2D eigenvalue weighted by atomic mass is 10.0. The molecule has 1 heterocycles. The number of hydrogen-bond acceptors (Lipinski definition) is 4. The summed E-state index contributed by atoms with van der Waals surface area (Å²) in [5, 5.41) is 0. The van der Waals surface area contributed by atoms with Gasteiger partial charge in [0.15, 0.2) is 0 Å². The van der Waals surface area contributed by atoms with E-state index >= 15 is 0 Å². The Balaban J connectivity index is 0.00000242. The molecule has 1 aliphatic rings. The van der Waals surface area contributed by atoms with Crippen LogP contribution in [0.4, 0.5) is 0 Å². The van der Waals surface area contributed by atoms with Gasteiger partial charge >= 0.3 is 0 Å². The molecule has 1 aromatic carbocycles. The van der Waals surface area contributed by atoms with Crippen LogP contribution in [0.3, 0.4) is 0 Å². The summed E-state index contributed by atoms with van der Waals surface area (Å²) in [6.07, 6.45) is 2.00. The number of nitrogens with zero attached hydrogens (tertiary/aromatic N) is 1. The number of nitrogens with one attached hydrogen (secondary N) is 1. The fourth-order valence-electron chi connectivity index (χ4n) is 2.52. The molecule has 0 bridgehead atoms. The minimum absolute atomic E-state index is 0. The van der Waals surface area contributed by atoms with Crippen LogP contribution in [0.2, 0.25) is 0 Å². The second-order valence-corrected chi connectivity index (χ2v) is 7.22. The van der Waals surface area contributed by atoms with Gasteiger partial charge in [-0.1, -0.05) is 30.3 Å². The molecule has 3 N–H and O–H groups in total. The van der Waals surface area contributed by atoms with Crippen LogP contribution in [0.5, 0.6) is 0 Å². The van der Waals surface area contributed by atoms with Crippen molar-refractivity contribution in [3.8, 4) is 0 Å². The summed E-state index contributed by atoms with van der Waals surface area (Å²) in [6, 6.07) is 8.95. The van der Waals surface area contributed by atoms with Crippen LogP contribution < -0.4 is 10.5 Å². The first-order valence-corrected chi connectivity index (χ1v) is 8.80. The Morgan fingerprint density at radius 1 is 1.41 bits per heavy atom. The number of sulfonamides is 1. The zero-order valence-corrected chi connectivity index (χ0v) is 14.1. The molecule has 1 amide bonds. The lowest BCUT2D eigenvalue weighted by Crippen LogP contribution is -2.38. The van der Waals surface area contributed by atoms with Crippen LogP contribution in [-0.4, -0.2) is 44.6 Å². The number of nitrogens with two attached hydrogens (primary N) is 1. The predicted octanol–water partition coefficient (Wildman–Crippen LogP) is 0.648. The van der Waals surface area contributed by atoms with E-state index in [4.69, 9.17) is 5.73 Å². The van der Waals surface area contributed by atoms with Gasteiger partial charge in [-0.3, -0.25) is 4.79 Å². The predicted molar refractivity (Wildman–Crippen MR) is 88.2 cm³/mol. The van der Waals surface area contributed by atoms with Gasteiger partial charge in [-0.25, -0.2) is 13.1 Å². The number of hydrogen-bond donors (Lipinski definition) is 2. The number of likely N-dealkylation sites (tertiary alicyclic amines) is 1. The van der Waals surface area contributed by atoms with E-state index < -0.39 is 10.0 Å². The van der Waals surface area contributed by atoms with Crippen molar-refractivity contribution in [3.63, 3.8) is 0 Å². The molecule has 124 valence electrons. The Kier molecular flexibility index (Phi) is 6.80. The van der Waals surface area contributed by atoms with E-state index in [2.05, 4.69) is 4.72 Å². The number of carbonyl (C=O) groups is 1. The Morgan fingerprint density at radius 2 is 2.05 bits per heavy atom. The Hall–Kier alpha value is -1.15. The number of benzene rings is 1. The molecule has 2 unspecified atom stereocenters. The van der Waals surface area contributed by atoms with E-state index in [0.29, 0.717) is 19.5 Å². The van der Waals surface area contributed by atoms with Crippen molar-refractivity contribution in [3.05, 3.63) is 35.9 Å². The maximum atomic E-state index is 12.2. The van der Waals surface area contributed by atoms with Crippen LogP contribution in [0, 0.1) is 0 Å². The Bertz CT molecular complexity index is 595. The minimum atomic E-state index is -3.24. The van der Waals surface area contributed by atoms with E-state index in [1.165, 1.54) is 0 Å². The van der Waals surface area contributed by atoms with Crippen molar-refractivity contribution in [2.75, 3.05) is 19.3 Å². The molecule has 22 heavy (non-hydrogen) atoms. The minimum Gasteiger partial charge on any atom is -0.341 e. The highest BCUT2D eigenvalue weighted by molar-refractivity contribution is 7.88. The number of rotatable bonds is 5. The van der Waals surface area contributed by atoms with Crippen LogP contribution in [0.25, 0.3) is 0 Å². The van der Waals surface area contributed by atoms with Crippen LogP contribution in [0.15, 0.2) is 30.3 Å². The van der Waals surface area contributed by atoms with Crippen LogP contribution in [-0.2, 0) is 14.8 Å². The van der Waals surface area contributed by atoms with Gasteiger partial charge < -0.3 is 10.6 Å². The van der Waals surface area contributed by atoms with Crippen molar-refractivity contribution in [1.82, 2.24) is 9.62 Å². The van der Waals surface area contributed by atoms with Crippen LogP contribution in [0.1, 0.15) is 24.4 Å². The third kappa shape index (κ3) is 5.57. The molecule has 0 spiro atoms. The summed E-state index contributed by atoms with van der Waals surface area (Å²) in [7, 11) is -3.24. The van der Waals surface area contributed by atoms with E-state index in [1.807, 2.05) is 30.3 Å². The van der Waals surface area contributed by atoms with Gasteiger partial charge in [0.05, 0.1) is 6.26 Å². The van der Waals surface area contributed by atoms with E-state index in [-0.39, 0.29) is 36.8 Å². The first-order valence-electron chi connectivity index (χ1n) is 6.91. The van der Waals surface area contributed by atoms with E-state index in [1.54, 1.807) is 4.90 Å². The summed E-state index contributed by atoms with van der Waals surface area (Å²) in [5.41, 5.74) is 6.97. The maximum absolute atomic E-state index is 12.2. The fourth-order valence-corrected chi connectivity index (χ4v) is 3.32. The summed E-state index contributed by atoms with van der Waals surface area (Å²) < 4.78 is 24.9. The Morgan fingerprint density at radius 3 is 2.64 bits per heavy atom. The zero-order valence-electron chi connectivity index (χ0n) is 12.4. The normalized spacial score (nSPS) is 19.5. The lowest BCUT2D eigenvalue weighted by molar-refractivity contribution is -0.130. The second kappa shape index (κ2) is 7.92. The van der Waals surface area contributed by atoms with Gasteiger partial charge in [-0.2, -0.15) is 0 Å². The van der Waals surface area contributed by atoms with Crippen molar-refractivity contribution >= 4 is 28.3 Å². The molecule has 2 atom stereocenters. The van der Waals surface area contributed by atoms with Gasteiger partial charge in [-0.15, -0.1) is 12.4 Å². The van der Waals surface area contributed by atoms with Gasteiger partial charge in [0, 0.05) is 31.6 Å². The average Bonchev–Trinajstić information content (AvgIpc) is 2.86. The summed E-state index contributed by atoms with van der Waals surface area (Å²) >= 11 is 0. The third-order valence-corrected chi connectivity index (χ3v) is 4.31. The summed E-state index contributed by atoms with van der Waals surface area (Å²) in [4.78, 5) is 13.9. The summed E-state index contributed by atoms with van der Waals surface area (Å²) in [6.45, 7) is 0.973. The first kappa shape index (κ1) is 18.9. The number of carbonyl (C=O) groups excluding carboxylic acids is 1. The molecule has 1 aromatic rings. The second-order valence-electron chi connectivity index (χ2n) is 5.44. The standard InChI is InChI=1S/C14H21N3O3S.ClH/c1-21(19,20)16-12-7-8-17(10-12)14(18)9-13(15)11-5-3-2-4-6-11;/h2-6,12-13,16H,7-10,15H2,1H3;1H. The molecule has 0 radical (unpaired) electrons. The molecule has 6 nitrogen and oxygen atoms in total. The van der Waals surface area contributed by atoms with Gasteiger partial charge in [0.25, 0.3) is 0 Å². The lowest BCUT2D eigenvalue weighted by Gasteiger charge is -2.19. The van der Waals surface area contributed by atoms with Crippen molar-refractivity contribution in [1.29, 1.82) is 0 Å². The van der Waals surface area contributed by atoms with Crippen molar-refractivity contribution < 1.29 is 13.2 Å². The monoisotopic (exact) mass is 347 g/mol. The molecule has 1 saturated heterocycles. The molecule has 0 saturated carbocycles. The fraction of sp³-hybridized carbons (Fsp3) is 0.500. The highest BCUT2D eigenvalue weighted by Crippen LogP contribution is 2.17. The van der Waals surface area contributed by atoms with E-state index in [0.717, 1.165) is 11.8 Å². The highest BCUT2D eigenvalue weighted by atomic mass is 35.5. The van der Waals surface area contributed by atoms with Crippen molar-refractivity contribution in [2.24, 2.45) is 5.73 Å². The molecule has 1 aliphatic heterocycles. The molecule has 1 fully saturated rings. The Labute approximate surface area is 137 Å². The molecule has 0 aromatic heterocycles. The SMILES string of the molecule is CS(=O)(=O)NC1CCN(C(=O)CC(N)c2ccccc2)C1.Cl. The highest BCUT2D eigenvalue weighted by Gasteiger charge is 2.28. The maximum Gasteiger partial charge on any atom is 0.224 e. The number of amides is 1.